The lowest BCUT2D eigenvalue weighted by Gasteiger charge is -2.21. The standard InChI is InChI=1S/C13H24O5/c1-6-11(18-13(14)10(4)5)17-9-12(15-7-2)16-8-3/h11-12H,4,6-9H2,1-3,5H3. The van der Waals surface area contributed by atoms with Gasteiger partial charge in [-0.2, -0.15) is 0 Å². The molecule has 0 saturated carbocycles. The molecule has 0 aromatic carbocycles. The first kappa shape index (κ1) is 17.1. The SMILES string of the molecule is C=C(C)C(=O)OC(CC)OCC(OCC)OCC. The summed E-state index contributed by atoms with van der Waals surface area (Å²) in [6, 6.07) is 0. The van der Waals surface area contributed by atoms with E-state index in [-0.39, 0.29) is 6.61 Å². The van der Waals surface area contributed by atoms with Gasteiger partial charge in [-0.15, -0.1) is 0 Å². The zero-order valence-electron chi connectivity index (χ0n) is 11.7. The van der Waals surface area contributed by atoms with Crippen molar-refractivity contribution in [1.29, 1.82) is 0 Å². The van der Waals surface area contributed by atoms with Crippen LogP contribution in [0.25, 0.3) is 0 Å². The van der Waals surface area contributed by atoms with E-state index in [1.54, 1.807) is 6.92 Å². The van der Waals surface area contributed by atoms with Crippen LogP contribution in [0.2, 0.25) is 0 Å². The predicted molar refractivity (Wildman–Crippen MR) is 68.0 cm³/mol. The van der Waals surface area contributed by atoms with Gasteiger partial charge >= 0.3 is 5.97 Å². The Bertz CT molecular complexity index is 246. The quantitative estimate of drug-likeness (QED) is 0.342. The molecule has 1 atom stereocenters. The van der Waals surface area contributed by atoms with Gasteiger partial charge in [0.25, 0.3) is 0 Å². The highest BCUT2D eigenvalue weighted by Crippen LogP contribution is 2.07. The molecule has 0 heterocycles. The van der Waals surface area contributed by atoms with E-state index in [2.05, 4.69) is 6.58 Å². The molecule has 18 heavy (non-hydrogen) atoms. The minimum Gasteiger partial charge on any atom is -0.432 e. The van der Waals surface area contributed by atoms with Crippen molar-refractivity contribution in [2.75, 3.05) is 19.8 Å². The second kappa shape index (κ2) is 10.1. The van der Waals surface area contributed by atoms with E-state index < -0.39 is 18.5 Å². The Balaban J connectivity index is 4.10. The van der Waals surface area contributed by atoms with Gasteiger partial charge in [0.05, 0.1) is 0 Å². The van der Waals surface area contributed by atoms with Crippen molar-refractivity contribution in [3.05, 3.63) is 12.2 Å². The van der Waals surface area contributed by atoms with Crippen LogP contribution >= 0.6 is 0 Å². The largest absolute Gasteiger partial charge is 0.432 e. The van der Waals surface area contributed by atoms with E-state index in [9.17, 15) is 4.79 Å². The summed E-state index contributed by atoms with van der Waals surface area (Å²) in [5, 5.41) is 0. The second-order valence-electron chi connectivity index (χ2n) is 3.70. The van der Waals surface area contributed by atoms with Crippen LogP contribution in [-0.2, 0) is 23.7 Å². The fraction of sp³-hybridized carbons (Fsp3) is 0.769. The molecular formula is C13H24O5. The number of rotatable bonds is 10. The van der Waals surface area contributed by atoms with Crippen molar-refractivity contribution >= 4 is 5.97 Å². The molecule has 0 spiro atoms. The average molecular weight is 260 g/mol. The first-order valence-corrected chi connectivity index (χ1v) is 6.26. The molecule has 5 heteroatoms. The first-order chi connectivity index (χ1) is 8.54. The second-order valence-corrected chi connectivity index (χ2v) is 3.70. The minimum absolute atomic E-state index is 0.226. The van der Waals surface area contributed by atoms with Gasteiger partial charge in [0, 0.05) is 25.2 Å². The first-order valence-electron chi connectivity index (χ1n) is 6.26. The topological polar surface area (TPSA) is 54.0 Å². The highest BCUT2D eigenvalue weighted by molar-refractivity contribution is 5.86. The maximum atomic E-state index is 11.3. The lowest BCUT2D eigenvalue weighted by atomic mass is 10.3. The molecular weight excluding hydrogens is 236 g/mol. The average Bonchev–Trinajstić information content (AvgIpc) is 2.34. The number of esters is 1. The maximum absolute atomic E-state index is 11.3. The highest BCUT2D eigenvalue weighted by Gasteiger charge is 2.16. The minimum atomic E-state index is -0.599. The van der Waals surface area contributed by atoms with E-state index in [4.69, 9.17) is 18.9 Å². The predicted octanol–water partition coefficient (Wildman–Crippen LogP) is 2.26. The van der Waals surface area contributed by atoms with Crippen molar-refractivity contribution in [1.82, 2.24) is 0 Å². The molecule has 0 aliphatic heterocycles. The summed E-state index contributed by atoms with van der Waals surface area (Å²) in [5.41, 5.74) is 0.350. The highest BCUT2D eigenvalue weighted by atomic mass is 16.7. The van der Waals surface area contributed by atoms with E-state index in [1.807, 2.05) is 20.8 Å². The Morgan fingerprint density at radius 2 is 1.61 bits per heavy atom. The van der Waals surface area contributed by atoms with E-state index in [1.165, 1.54) is 0 Å². The van der Waals surface area contributed by atoms with Gasteiger partial charge in [-0.05, 0) is 20.8 Å². The van der Waals surface area contributed by atoms with Crippen LogP contribution in [-0.4, -0.2) is 38.4 Å². The van der Waals surface area contributed by atoms with Crippen LogP contribution in [0.1, 0.15) is 34.1 Å². The molecule has 0 aromatic heterocycles. The smallest absolute Gasteiger partial charge is 0.335 e. The number of carbonyl (C=O) groups excluding carboxylic acids is 1. The Morgan fingerprint density at radius 1 is 1.06 bits per heavy atom. The third kappa shape index (κ3) is 7.42. The van der Waals surface area contributed by atoms with Gasteiger partial charge < -0.3 is 18.9 Å². The summed E-state index contributed by atoms with van der Waals surface area (Å²) in [6.07, 6.45) is -0.473. The molecule has 0 amide bonds. The van der Waals surface area contributed by atoms with Crippen molar-refractivity contribution < 1.29 is 23.7 Å². The van der Waals surface area contributed by atoms with Gasteiger partial charge in [0.1, 0.15) is 6.61 Å². The van der Waals surface area contributed by atoms with Crippen LogP contribution in [0.3, 0.4) is 0 Å². The normalized spacial score (nSPS) is 12.5. The molecule has 0 saturated heterocycles. The molecule has 1 unspecified atom stereocenters. The van der Waals surface area contributed by atoms with Gasteiger partial charge in [-0.1, -0.05) is 13.5 Å². The maximum Gasteiger partial charge on any atom is 0.335 e. The van der Waals surface area contributed by atoms with Crippen molar-refractivity contribution in [2.24, 2.45) is 0 Å². The molecule has 5 nitrogen and oxygen atoms in total. The van der Waals surface area contributed by atoms with Gasteiger partial charge in [-0.3, -0.25) is 0 Å². The molecule has 0 aliphatic rings. The third-order valence-electron chi connectivity index (χ3n) is 2.04. The number of hydrogen-bond donors (Lipinski definition) is 0. The van der Waals surface area contributed by atoms with Crippen molar-refractivity contribution in [2.45, 2.75) is 46.7 Å². The monoisotopic (exact) mass is 260 g/mol. The van der Waals surface area contributed by atoms with Gasteiger partial charge in [0.15, 0.2) is 6.29 Å². The molecule has 0 aliphatic carbocycles. The summed E-state index contributed by atoms with van der Waals surface area (Å²) in [6.45, 7) is 12.0. The Kier molecular flexibility index (Phi) is 9.55. The summed E-state index contributed by atoms with van der Waals surface area (Å²) in [5.74, 6) is -0.453. The fourth-order valence-corrected chi connectivity index (χ4v) is 1.16. The zero-order valence-corrected chi connectivity index (χ0v) is 11.7. The number of carbonyl (C=O) groups is 1. The molecule has 0 bridgehead atoms. The van der Waals surface area contributed by atoms with E-state index in [0.29, 0.717) is 25.2 Å². The van der Waals surface area contributed by atoms with E-state index in [0.717, 1.165) is 0 Å². The van der Waals surface area contributed by atoms with E-state index >= 15 is 0 Å². The molecule has 0 N–H and O–H groups in total. The number of ether oxygens (including phenoxy) is 4. The molecule has 0 radical (unpaired) electrons. The van der Waals surface area contributed by atoms with Crippen LogP contribution in [0, 0.1) is 0 Å². The van der Waals surface area contributed by atoms with Gasteiger partial charge in [-0.25, -0.2) is 4.79 Å². The Labute approximate surface area is 109 Å². The molecule has 0 aromatic rings. The fourth-order valence-electron chi connectivity index (χ4n) is 1.16. The summed E-state index contributed by atoms with van der Waals surface area (Å²) >= 11 is 0. The van der Waals surface area contributed by atoms with Crippen molar-refractivity contribution in [3.8, 4) is 0 Å². The Morgan fingerprint density at radius 3 is 2.00 bits per heavy atom. The summed E-state index contributed by atoms with van der Waals surface area (Å²) < 4.78 is 21.2. The molecule has 0 rings (SSSR count). The van der Waals surface area contributed by atoms with Crippen molar-refractivity contribution in [3.63, 3.8) is 0 Å². The third-order valence-corrected chi connectivity index (χ3v) is 2.04. The van der Waals surface area contributed by atoms with Crippen LogP contribution in [0.15, 0.2) is 12.2 Å². The summed E-state index contributed by atoms with van der Waals surface area (Å²) in [7, 11) is 0. The Hall–Kier alpha value is -0.910. The zero-order chi connectivity index (χ0) is 14.0. The lowest BCUT2D eigenvalue weighted by molar-refractivity contribution is -0.215. The lowest BCUT2D eigenvalue weighted by Crippen LogP contribution is -2.29. The number of hydrogen-bond acceptors (Lipinski definition) is 5. The summed E-state index contributed by atoms with van der Waals surface area (Å²) in [4.78, 5) is 11.3. The van der Waals surface area contributed by atoms with Crippen LogP contribution in [0.4, 0.5) is 0 Å². The van der Waals surface area contributed by atoms with Crippen LogP contribution in [0.5, 0.6) is 0 Å². The molecule has 106 valence electrons. The van der Waals surface area contributed by atoms with Gasteiger partial charge in [0.2, 0.25) is 6.29 Å². The van der Waals surface area contributed by atoms with Crippen LogP contribution < -0.4 is 0 Å². The molecule has 0 fully saturated rings.